The SMILES string of the molecule is Cc1ccc(=O)n(CC2(O)CCN(Cc3cccs3)CC2)n1. The molecule has 1 aliphatic heterocycles. The number of nitrogens with zero attached hydrogens (tertiary/aromatic N) is 3. The Balaban J connectivity index is 1.61. The van der Waals surface area contributed by atoms with Gasteiger partial charge in [-0.25, -0.2) is 4.68 Å². The number of aryl methyl sites for hydroxylation is 1. The van der Waals surface area contributed by atoms with Gasteiger partial charge in [-0.2, -0.15) is 5.10 Å². The highest BCUT2D eigenvalue weighted by Gasteiger charge is 2.33. The number of hydrogen-bond acceptors (Lipinski definition) is 5. The van der Waals surface area contributed by atoms with Gasteiger partial charge in [0.2, 0.25) is 0 Å². The first-order valence-corrected chi connectivity index (χ1v) is 8.44. The molecule has 0 aliphatic carbocycles. The average molecular weight is 319 g/mol. The van der Waals surface area contributed by atoms with E-state index in [9.17, 15) is 9.90 Å². The van der Waals surface area contributed by atoms with Crippen molar-refractivity contribution in [2.75, 3.05) is 13.1 Å². The third-order valence-electron chi connectivity index (χ3n) is 4.19. The fourth-order valence-corrected chi connectivity index (χ4v) is 3.60. The van der Waals surface area contributed by atoms with Crippen LogP contribution >= 0.6 is 11.3 Å². The van der Waals surface area contributed by atoms with Gasteiger partial charge in [0.05, 0.1) is 17.8 Å². The zero-order valence-corrected chi connectivity index (χ0v) is 13.6. The number of likely N-dealkylation sites (tertiary alicyclic amines) is 1. The van der Waals surface area contributed by atoms with Crippen molar-refractivity contribution in [3.63, 3.8) is 0 Å². The molecule has 118 valence electrons. The Labute approximate surface area is 133 Å². The van der Waals surface area contributed by atoms with Gasteiger partial charge in [-0.3, -0.25) is 9.69 Å². The molecular formula is C16H21N3O2S. The smallest absolute Gasteiger partial charge is 0.266 e. The zero-order valence-electron chi connectivity index (χ0n) is 12.7. The maximum absolute atomic E-state index is 11.8. The van der Waals surface area contributed by atoms with Gasteiger partial charge in [-0.1, -0.05) is 6.07 Å². The zero-order chi connectivity index (χ0) is 15.6. The number of hydrogen-bond donors (Lipinski definition) is 1. The van der Waals surface area contributed by atoms with Crippen LogP contribution in [-0.2, 0) is 13.1 Å². The van der Waals surface area contributed by atoms with Gasteiger partial charge < -0.3 is 5.11 Å². The normalized spacial score (nSPS) is 18.5. The molecule has 0 spiro atoms. The Hall–Kier alpha value is -1.50. The third kappa shape index (κ3) is 3.63. The van der Waals surface area contributed by atoms with Crippen LogP contribution in [0.1, 0.15) is 23.4 Å². The van der Waals surface area contributed by atoms with Crippen LogP contribution in [0, 0.1) is 6.92 Å². The Bertz CT molecular complexity index is 673. The molecule has 22 heavy (non-hydrogen) atoms. The van der Waals surface area contributed by atoms with Crippen molar-refractivity contribution in [1.29, 1.82) is 0 Å². The van der Waals surface area contributed by atoms with E-state index in [-0.39, 0.29) is 12.1 Å². The summed E-state index contributed by atoms with van der Waals surface area (Å²) in [7, 11) is 0. The first-order valence-electron chi connectivity index (χ1n) is 7.56. The lowest BCUT2D eigenvalue weighted by Gasteiger charge is -2.38. The van der Waals surface area contributed by atoms with Crippen molar-refractivity contribution in [2.24, 2.45) is 0 Å². The quantitative estimate of drug-likeness (QED) is 0.931. The highest BCUT2D eigenvalue weighted by atomic mass is 32.1. The maximum atomic E-state index is 11.8. The summed E-state index contributed by atoms with van der Waals surface area (Å²) in [5, 5.41) is 17.1. The molecule has 3 heterocycles. The second-order valence-electron chi connectivity index (χ2n) is 6.05. The summed E-state index contributed by atoms with van der Waals surface area (Å²) in [6.45, 7) is 4.75. The average Bonchev–Trinajstić information content (AvgIpc) is 2.99. The van der Waals surface area contributed by atoms with Gasteiger partial charge >= 0.3 is 0 Å². The summed E-state index contributed by atoms with van der Waals surface area (Å²) in [5.74, 6) is 0. The molecule has 6 heteroatoms. The molecular weight excluding hydrogens is 298 g/mol. The van der Waals surface area contributed by atoms with Crippen LogP contribution in [0.25, 0.3) is 0 Å². The standard InChI is InChI=1S/C16H21N3O2S/c1-13-4-5-15(20)19(17-13)12-16(21)6-8-18(9-7-16)11-14-3-2-10-22-14/h2-5,10,21H,6-9,11-12H2,1H3. The van der Waals surface area contributed by atoms with E-state index >= 15 is 0 Å². The van der Waals surface area contributed by atoms with Crippen LogP contribution in [0.2, 0.25) is 0 Å². The summed E-state index contributed by atoms with van der Waals surface area (Å²) in [5.41, 5.74) is -0.199. The molecule has 0 radical (unpaired) electrons. The number of piperidine rings is 1. The lowest BCUT2D eigenvalue weighted by molar-refractivity contribution is -0.0388. The molecule has 0 atom stereocenters. The Kier molecular flexibility index (Phi) is 4.42. The topological polar surface area (TPSA) is 58.4 Å². The van der Waals surface area contributed by atoms with Crippen molar-refractivity contribution in [1.82, 2.24) is 14.7 Å². The van der Waals surface area contributed by atoms with Gasteiger partial charge in [0.25, 0.3) is 5.56 Å². The van der Waals surface area contributed by atoms with Crippen molar-refractivity contribution in [3.8, 4) is 0 Å². The number of thiophene rings is 1. The number of rotatable bonds is 4. The van der Waals surface area contributed by atoms with Gasteiger partial charge in [0.15, 0.2) is 0 Å². The fraction of sp³-hybridized carbons (Fsp3) is 0.500. The van der Waals surface area contributed by atoms with E-state index in [1.807, 2.05) is 6.92 Å². The van der Waals surface area contributed by atoms with E-state index in [1.165, 1.54) is 15.6 Å². The van der Waals surface area contributed by atoms with Crippen molar-refractivity contribution in [3.05, 3.63) is 50.6 Å². The molecule has 1 fully saturated rings. The Morgan fingerprint density at radius 3 is 2.77 bits per heavy atom. The van der Waals surface area contributed by atoms with Crippen LogP contribution in [0.3, 0.4) is 0 Å². The Morgan fingerprint density at radius 2 is 2.09 bits per heavy atom. The first-order chi connectivity index (χ1) is 10.5. The van der Waals surface area contributed by atoms with Crippen molar-refractivity contribution < 1.29 is 5.11 Å². The van der Waals surface area contributed by atoms with E-state index in [0.29, 0.717) is 12.8 Å². The second kappa shape index (κ2) is 6.32. The minimum Gasteiger partial charge on any atom is -0.388 e. The van der Waals surface area contributed by atoms with Crippen LogP contribution < -0.4 is 5.56 Å². The third-order valence-corrected chi connectivity index (χ3v) is 5.05. The molecule has 0 unspecified atom stereocenters. The molecule has 5 nitrogen and oxygen atoms in total. The second-order valence-corrected chi connectivity index (χ2v) is 7.08. The molecule has 0 amide bonds. The molecule has 1 saturated heterocycles. The maximum Gasteiger partial charge on any atom is 0.266 e. The largest absolute Gasteiger partial charge is 0.388 e. The first kappa shape index (κ1) is 15.4. The minimum absolute atomic E-state index is 0.153. The van der Waals surface area contributed by atoms with Crippen molar-refractivity contribution in [2.45, 2.75) is 38.5 Å². The summed E-state index contributed by atoms with van der Waals surface area (Å²) in [4.78, 5) is 15.5. The summed E-state index contributed by atoms with van der Waals surface area (Å²) in [6.07, 6.45) is 1.33. The van der Waals surface area contributed by atoms with Gasteiger partial charge in [-0.05, 0) is 37.3 Å². The van der Waals surface area contributed by atoms with Crippen LogP contribution in [0.4, 0.5) is 0 Å². The summed E-state index contributed by atoms with van der Waals surface area (Å²) in [6, 6.07) is 7.42. The molecule has 0 aromatic carbocycles. The van der Waals surface area contributed by atoms with E-state index in [0.717, 1.165) is 25.3 Å². The van der Waals surface area contributed by atoms with E-state index in [2.05, 4.69) is 27.5 Å². The highest BCUT2D eigenvalue weighted by molar-refractivity contribution is 7.09. The van der Waals surface area contributed by atoms with Gasteiger partial charge in [0.1, 0.15) is 0 Å². The summed E-state index contributed by atoms with van der Waals surface area (Å²) < 4.78 is 1.39. The lowest BCUT2D eigenvalue weighted by Crippen LogP contribution is -2.48. The molecule has 2 aromatic rings. The molecule has 1 N–H and O–H groups in total. The van der Waals surface area contributed by atoms with Crippen LogP contribution in [-0.4, -0.2) is 38.5 Å². The predicted molar refractivity (Wildman–Crippen MR) is 87.0 cm³/mol. The molecule has 3 rings (SSSR count). The molecule has 0 saturated carbocycles. The van der Waals surface area contributed by atoms with Gasteiger partial charge in [0, 0.05) is 30.6 Å². The number of aliphatic hydroxyl groups is 1. The monoisotopic (exact) mass is 319 g/mol. The van der Waals surface area contributed by atoms with E-state index in [1.54, 1.807) is 17.4 Å². The minimum atomic E-state index is -0.837. The Morgan fingerprint density at radius 1 is 1.32 bits per heavy atom. The summed E-state index contributed by atoms with van der Waals surface area (Å²) >= 11 is 1.76. The lowest BCUT2D eigenvalue weighted by atomic mass is 9.91. The van der Waals surface area contributed by atoms with E-state index < -0.39 is 5.60 Å². The predicted octanol–water partition coefficient (Wildman–Crippen LogP) is 1.64. The number of aromatic nitrogens is 2. The fourth-order valence-electron chi connectivity index (χ4n) is 2.85. The van der Waals surface area contributed by atoms with Crippen molar-refractivity contribution >= 4 is 11.3 Å². The molecule has 0 bridgehead atoms. The van der Waals surface area contributed by atoms with Gasteiger partial charge in [-0.15, -0.1) is 11.3 Å². The molecule has 1 aliphatic rings. The van der Waals surface area contributed by atoms with Crippen LogP contribution in [0.5, 0.6) is 0 Å². The molecule has 2 aromatic heterocycles. The van der Waals surface area contributed by atoms with Crippen LogP contribution in [0.15, 0.2) is 34.4 Å². The highest BCUT2D eigenvalue weighted by Crippen LogP contribution is 2.25. The van der Waals surface area contributed by atoms with E-state index in [4.69, 9.17) is 0 Å².